The van der Waals surface area contributed by atoms with E-state index in [0.29, 0.717) is 17.4 Å². The quantitative estimate of drug-likeness (QED) is 0.330. The Bertz CT molecular complexity index is 1190. The number of carbonyl (C=O) groups is 2. The van der Waals surface area contributed by atoms with Crippen LogP contribution in [0.15, 0.2) is 75.3 Å². The number of pyridine rings is 1. The summed E-state index contributed by atoms with van der Waals surface area (Å²) >= 11 is 7.84. The van der Waals surface area contributed by atoms with Crippen LogP contribution in [0, 0.1) is 0 Å². The summed E-state index contributed by atoms with van der Waals surface area (Å²) in [4.78, 5) is 33.1. The van der Waals surface area contributed by atoms with E-state index >= 15 is 0 Å². The summed E-state index contributed by atoms with van der Waals surface area (Å²) in [5.41, 5.74) is 2.19. The average Bonchev–Trinajstić information content (AvgIpc) is 3.31. The molecule has 1 atom stereocenters. The molecule has 3 heterocycles. The SMILES string of the molecule is CC/C=C(Cl)\C=C(/C)C1COC(=O)N1C1CCN(Cc2ccc(Sc3ccc(OCC(=O)O)cc3)nc2)CC1. The van der Waals surface area contributed by atoms with Crippen LogP contribution in [0.25, 0.3) is 0 Å². The molecule has 0 bridgehead atoms. The number of nitrogens with zero attached hydrogens (tertiary/aromatic N) is 3. The smallest absolute Gasteiger partial charge is 0.410 e. The number of allylic oxidation sites excluding steroid dienone is 3. The number of hydrogen-bond acceptors (Lipinski definition) is 7. The van der Waals surface area contributed by atoms with Crippen LogP contribution in [0.2, 0.25) is 0 Å². The van der Waals surface area contributed by atoms with Crippen LogP contribution in [-0.2, 0) is 16.1 Å². The first-order chi connectivity index (χ1) is 18.8. The van der Waals surface area contributed by atoms with Crippen molar-refractivity contribution in [1.82, 2.24) is 14.8 Å². The minimum Gasteiger partial charge on any atom is -0.482 e. The van der Waals surface area contributed by atoms with E-state index in [1.165, 1.54) is 11.8 Å². The lowest BCUT2D eigenvalue weighted by molar-refractivity contribution is -0.139. The first-order valence-corrected chi connectivity index (χ1v) is 14.3. The zero-order valence-corrected chi connectivity index (χ0v) is 23.8. The fourth-order valence-electron chi connectivity index (χ4n) is 4.80. The van der Waals surface area contributed by atoms with Crippen molar-refractivity contribution in [3.63, 3.8) is 0 Å². The van der Waals surface area contributed by atoms with E-state index in [4.69, 9.17) is 26.2 Å². The summed E-state index contributed by atoms with van der Waals surface area (Å²) in [6.07, 6.45) is 8.24. The predicted molar refractivity (Wildman–Crippen MR) is 151 cm³/mol. The highest BCUT2D eigenvalue weighted by atomic mass is 35.5. The molecule has 1 N–H and O–H groups in total. The Morgan fingerprint density at radius 1 is 1.23 bits per heavy atom. The lowest BCUT2D eigenvalue weighted by Gasteiger charge is -2.38. The first kappa shape index (κ1) is 29.0. The Labute approximate surface area is 238 Å². The second-order valence-electron chi connectivity index (χ2n) is 9.65. The number of likely N-dealkylation sites (tertiary alicyclic amines) is 1. The molecule has 2 saturated heterocycles. The summed E-state index contributed by atoms with van der Waals surface area (Å²) in [7, 11) is 0. The number of halogens is 1. The number of aromatic nitrogens is 1. The Morgan fingerprint density at radius 2 is 1.97 bits per heavy atom. The first-order valence-electron chi connectivity index (χ1n) is 13.1. The summed E-state index contributed by atoms with van der Waals surface area (Å²) in [6, 6.07) is 11.5. The van der Waals surface area contributed by atoms with Crippen LogP contribution in [-0.4, -0.2) is 70.3 Å². The number of piperidine rings is 1. The maximum atomic E-state index is 12.6. The number of carbonyl (C=O) groups excluding carboxylic acids is 1. The molecule has 208 valence electrons. The zero-order chi connectivity index (χ0) is 27.8. The molecule has 1 unspecified atom stereocenters. The molecule has 8 nitrogen and oxygen atoms in total. The fraction of sp³-hybridized carbons (Fsp3) is 0.414. The number of rotatable bonds is 11. The lowest BCUT2D eigenvalue weighted by Crippen LogP contribution is -2.48. The Hall–Kier alpha value is -3.01. The topological polar surface area (TPSA) is 92.2 Å². The maximum absolute atomic E-state index is 12.6. The van der Waals surface area contributed by atoms with Gasteiger partial charge in [0.15, 0.2) is 6.61 Å². The van der Waals surface area contributed by atoms with Crippen molar-refractivity contribution in [2.45, 2.75) is 61.7 Å². The lowest BCUT2D eigenvalue weighted by atomic mass is 9.99. The van der Waals surface area contributed by atoms with Crippen molar-refractivity contribution in [2.75, 3.05) is 26.3 Å². The molecule has 1 aromatic heterocycles. The van der Waals surface area contributed by atoms with Gasteiger partial charge in [-0.1, -0.05) is 42.4 Å². The normalized spacial score (nSPS) is 19.3. The molecular weight excluding hydrogens is 538 g/mol. The van der Waals surface area contributed by atoms with Crippen molar-refractivity contribution in [3.8, 4) is 5.75 Å². The number of benzene rings is 1. The number of amides is 1. The third kappa shape index (κ3) is 8.24. The molecule has 2 aromatic rings. The molecule has 2 fully saturated rings. The van der Waals surface area contributed by atoms with Crippen LogP contribution in [0.4, 0.5) is 4.79 Å². The highest BCUT2D eigenvalue weighted by Crippen LogP contribution is 2.30. The fourth-order valence-corrected chi connectivity index (χ4v) is 5.88. The van der Waals surface area contributed by atoms with Crippen molar-refractivity contribution in [1.29, 1.82) is 0 Å². The monoisotopic (exact) mass is 571 g/mol. The molecular formula is C29H34ClN3O5S. The van der Waals surface area contributed by atoms with E-state index in [2.05, 4.69) is 16.0 Å². The highest BCUT2D eigenvalue weighted by Gasteiger charge is 2.40. The zero-order valence-electron chi connectivity index (χ0n) is 22.2. The van der Waals surface area contributed by atoms with Gasteiger partial charge in [-0.05, 0) is 73.7 Å². The van der Waals surface area contributed by atoms with Crippen LogP contribution in [0.3, 0.4) is 0 Å². The number of aliphatic carboxylic acids is 1. The van der Waals surface area contributed by atoms with Gasteiger partial charge >= 0.3 is 12.1 Å². The second-order valence-corrected chi connectivity index (χ2v) is 11.2. The molecule has 1 aromatic carbocycles. The van der Waals surface area contributed by atoms with Crippen molar-refractivity contribution < 1.29 is 24.2 Å². The number of ether oxygens (including phenoxy) is 2. The number of carboxylic acid groups (broad SMARTS) is 1. The van der Waals surface area contributed by atoms with E-state index in [1.54, 1.807) is 12.1 Å². The van der Waals surface area contributed by atoms with E-state index in [0.717, 1.165) is 60.0 Å². The molecule has 0 spiro atoms. The minimum atomic E-state index is -1.00. The third-order valence-electron chi connectivity index (χ3n) is 6.76. The van der Waals surface area contributed by atoms with Gasteiger partial charge in [0.05, 0.1) is 6.04 Å². The Morgan fingerprint density at radius 3 is 2.62 bits per heavy atom. The molecule has 0 aliphatic carbocycles. The van der Waals surface area contributed by atoms with E-state index in [1.807, 2.05) is 55.3 Å². The summed E-state index contributed by atoms with van der Waals surface area (Å²) in [5, 5.41) is 10.3. The van der Waals surface area contributed by atoms with Crippen LogP contribution in [0.5, 0.6) is 5.75 Å². The molecule has 0 saturated carbocycles. The third-order valence-corrected chi connectivity index (χ3v) is 7.99. The maximum Gasteiger partial charge on any atom is 0.410 e. The minimum absolute atomic E-state index is 0.0734. The van der Waals surface area contributed by atoms with E-state index < -0.39 is 5.97 Å². The average molecular weight is 572 g/mol. The number of cyclic esters (lactones) is 1. The second kappa shape index (κ2) is 13.9. The molecule has 2 aliphatic heterocycles. The van der Waals surface area contributed by atoms with Gasteiger partial charge in [0.25, 0.3) is 0 Å². The van der Waals surface area contributed by atoms with Crippen LogP contribution >= 0.6 is 23.4 Å². The molecule has 0 radical (unpaired) electrons. The molecule has 39 heavy (non-hydrogen) atoms. The summed E-state index contributed by atoms with van der Waals surface area (Å²) < 4.78 is 10.6. The van der Waals surface area contributed by atoms with E-state index in [-0.39, 0.29) is 24.8 Å². The molecule has 1 amide bonds. The summed E-state index contributed by atoms with van der Waals surface area (Å²) in [6.45, 7) is 6.67. The van der Waals surface area contributed by atoms with Crippen molar-refractivity contribution in [2.24, 2.45) is 0 Å². The van der Waals surface area contributed by atoms with Gasteiger partial charge in [0.2, 0.25) is 0 Å². The predicted octanol–water partition coefficient (Wildman–Crippen LogP) is 5.96. The Kier molecular flexibility index (Phi) is 10.3. The standard InChI is InChI=1S/C29H34ClN3O5S/c1-3-4-22(30)15-20(2)26-18-38-29(36)33(26)23-11-13-32(14-12-23)17-21-5-10-27(31-16-21)39-25-8-6-24(7-9-25)37-19-28(34)35/h4-10,15-16,23,26H,3,11-14,17-19H2,1-2H3,(H,34,35)/b20-15+,22-4+. The van der Waals surface area contributed by atoms with Gasteiger partial charge in [-0.3, -0.25) is 9.80 Å². The molecule has 10 heteroatoms. The van der Waals surface area contributed by atoms with Crippen LogP contribution < -0.4 is 4.74 Å². The molecule has 2 aliphatic rings. The van der Waals surface area contributed by atoms with Gasteiger partial charge in [-0.2, -0.15) is 0 Å². The largest absolute Gasteiger partial charge is 0.482 e. The number of hydrogen-bond donors (Lipinski definition) is 1. The van der Waals surface area contributed by atoms with Crippen LogP contribution in [0.1, 0.15) is 38.7 Å². The summed E-state index contributed by atoms with van der Waals surface area (Å²) in [5.74, 6) is -0.484. The number of carboxylic acids is 1. The molecule has 4 rings (SSSR count). The van der Waals surface area contributed by atoms with E-state index in [9.17, 15) is 9.59 Å². The Balaban J connectivity index is 1.27. The van der Waals surface area contributed by atoms with Gasteiger partial charge < -0.3 is 14.6 Å². The van der Waals surface area contributed by atoms with Gasteiger partial charge in [-0.15, -0.1) is 0 Å². The van der Waals surface area contributed by atoms with Crippen molar-refractivity contribution in [3.05, 3.63) is 70.9 Å². The van der Waals surface area contributed by atoms with Gasteiger partial charge in [0.1, 0.15) is 17.4 Å². The van der Waals surface area contributed by atoms with Crippen molar-refractivity contribution >= 4 is 35.4 Å². The van der Waals surface area contributed by atoms with Gasteiger partial charge in [0, 0.05) is 41.8 Å². The highest BCUT2D eigenvalue weighted by molar-refractivity contribution is 7.99. The van der Waals surface area contributed by atoms with Gasteiger partial charge in [-0.25, -0.2) is 14.6 Å².